The van der Waals surface area contributed by atoms with Gasteiger partial charge in [0.2, 0.25) is 5.09 Å². The maximum absolute atomic E-state index is 12.0. The molecule has 0 aliphatic rings. The van der Waals surface area contributed by atoms with Gasteiger partial charge < -0.3 is 4.42 Å². The Balaban J connectivity index is 1.84. The second kappa shape index (κ2) is 4.95. The fraction of sp³-hybridized carbons (Fsp3) is 0. The number of rotatable bonds is 3. The van der Waals surface area contributed by atoms with E-state index >= 15 is 0 Å². The second-order valence-electron chi connectivity index (χ2n) is 4.10. The number of aromatic nitrogens is 1. The standard InChI is InChI=1S/C12H9N3O4S2/c13-21(17,18)10-6-5-8(19-10)11(16)15-12-14-7-3-1-2-4-9(7)20-12/h1-6H,(H2,13,17,18)(H,14,15,16). The zero-order valence-electron chi connectivity index (χ0n) is 10.4. The number of amides is 1. The first kappa shape index (κ1) is 13.7. The van der Waals surface area contributed by atoms with Crippen molar-refractivity contribution in [2.24, 2.45) is 5.14 Å². The van der Waals surface area contributed by atoms with Crippen molar-refractivity contribution in [3.05, 3.63) is 42.2 Å². The van der Waals surface area contributed by atoms with Gasteiger partial charge in [0, 0.05) is 0 Å². The highest BCUT2D eigenvalue weighted by Gasteiger charge is 2.18. The molecule has 0 spiro atoms. The number of benzene rings is 1. The maximum atomic E-state index is 12.0. The Morgan fingerprint density at radius 1 is 1.24 bits per heavy atom. The first-order valence-corrected chi connectivity index (χ1v) is 8.09. The Hall–Kier alpha value is -2.23. The van der Waals surface area contributed by atoms with Gasteiger partial charge in [0.05, 0.1) is 10.2 Å². The van der Waals surface area contributed by atoms with Gasteiger partial charge in [-0.1, -0.05) is 23.5 Å². The second-order valence-corrected chi connectivity index (χ2v) is 6.63. The molecular formula is C12H9N3O4S2. The predicted octanol–water partition coefficient (Wildman–Crippen LogP) is 1.79. The molecule has 3 rings (SSSR count). The van der Waals surface area contributed by atoms with E-state index in [1.165, 1.54) is 17.4 Å². The van der Waals surface area contributed by atoms with E-state index in [0.717, 1.165) is 16.3 Å². The van der Waals surface area contributed by atoms with Gasteiger partial charge in [-0.15, -0.1) is 0 Å². The molecule has 3 N–H and O–H groups in total. The average Bonchev–Trinajstić information content (AvgIpc) is 3.04. The zero-order chi connectivity index (χ0) is 15.0. The van der Waals surface area contributed by atoms with Crippen molar-refractivity contribution in [2.75, 3.05) is 5.32 Å². The molecule has 9 heteroatoms. The van der Waals surface area contributed by atoms with Gasteiger partial charge in [0.15, 0.2) is 10.9 Å². The summed E-state index contributed by atoms with van der Waals surface area (Å²) in [5.41, 5.74) is 0.766. The van der Waals surface area contributed by atoms with E-state index in [1.54, 1.807) is 0 Å². The topological polar surface area (TPSA) is 115 Å². The first-order chi connectivity index (χ1) is 9.93. The lowest BCUT2D eigenvalue weighted by atomic mass is 10.3. The number of furan rings is 1. The van der Waals surface area contributed by atoms with Crippen LogP contribution < -0.4 is 10.5 Å². The molecule has 1 amide bonds. The summed E-state index contributed by atoms with van der Waals surface area (Å²) in [5.74, 6) is -0.748. The maximum Gasteiger partial charge on any atom is 0.293 e. The number of thiazole rings is 1. The highest BCUT2D eigenvalue weighted by molar-refractivity contribution is 7.89. The molecule has 0 fully saturated rings. The van der Waals surface area contributed by atoms with Crippen LogP contribution in [0, 0.1) is 0 Å². The first-order valence-electron chi connectivity index (χ1n) is 5.73. The molecule has 0 radical (unpaired) electrons. The molecule has 0 aliphatic carbocycles. The molecule has 2 heterocycles. The van der Waals surface area contributed by atoms with Crippen LogP contribution in [-0.2, 0) is 10.0 Å². The summed E-state index contributed by atoms with van der Waals surface area (Å²) in [6.07, 6.45) is 0. The van der Waals surface area contributed by atoms with E-state index in [2.05, 4.69) is 10.3 Å². The summed E-state index contributed by atoms with van der Waals surface area (Å²) in [6, 6.07) is 9.79. The van der Waals surface area contributed by atoms with E-state index in [0.29, 0.717) is 5.13 Å². The number of nitrogens with zero attached hydrogens (tertiary/aromatic N) is 1. The summed E-state index contributed by atoms with van der Waals surface area (Å²) in [4.78, 5) is 16.2. The molecule has 2 aromatic heterocycles. The van der Waals surface area contributed by atoms with Crippen LogP contribution in [0.25, 0.3) is 10.2 Å². The lowest BCUT2D eigenvalue weighted by Crippen LogP contribution is -2.12. The smallest absolute Gasteiger partial charge is 0.293 e. The molecule has 108 valence electrons. The molecule has 0 unspecified atom stereocenters. The van der Waals surface area contributed by atoms with Gasteiger partial charge in [-0.2, -0.15) is 0 Å². The minimum atomic E-state index is -3.97. The van der Waals surface area contributed by atoms with Crippen molar-refractivity contribution in [1.29, 1.82) is 0 Å². The van der Waals surface area contributed by atoms with Crippen LogP contribution in [0.1, 0.15) is 10.6 Å². The van der Waals surface area contributed by atoms with Crippen molar-refractivity contribution in [1.82, 2.24) is 4.98 Å². The van der Waals surface area contributed by atoms with E-state index in [1.807, 2.05) is 24.3 Å². The Morgan fingerprint density at radius 2 is 2.00 bits per heavy atom. The van der Waals surface area contributed by atoms with Gasteiger partial charge in [-0.05, 0) is 24.3 Å². The number of nitrogens with two attached hydrogens (primary N) is 1. The molecule has 0 atom stereocenters. The third kappa shape index (κ3) is 2.79. The van der Waals surface area contributed by atoms with E-state index < -0.39 is 21.0 Å². The number of hydrogen-bond acceptors (Lipinski definition) is 6. The lowest BCUT2D eigenvalue weighted by Gasteiger charge is -1.97. The molecule has 1 aromatic carbocycles. The van der Waals surface area contributed by atoms with E-state index in [-0.39, 0.29) is 5.76 Å². The molecule has 7 nitrogen and oxygen atoms in total. The number of sulfonamides is 1. The fourth-order valence-electron chi connectivity index (χ4n) is 1.68. The number of nitrogens with one attached hydrogen (secondary N) is 1. The van der Waals surface area contributed by atoms with Crippen LogP contribution in [0.2, 0.25) is 0 Å². The number of fused-ring (bicyclic) bond motifs is 1. The zero-order valence-corrected chi connectivity index (χ0v) is 12.1. The number of carbonyl (C=O) groups excluding carboxylic acids is 1. The predicted molar refractivity (Wildman–Crippen MR) is 77.7 cm³/mol. The van der Waals surface area contributed by atoms with Crippen LogP contribution in [0.3, 0.4) is 0 Å². The molecule has 0 bridgehead atoms. The van der Waals surface area contributed by atoms with Gasteiger partial charge in [-0.25, -0.2) is 18.5 Å². The molecule has 0 saturated carbocycles. The molecule has 3 aromatic rings. The molecule has 0 saturated heterocycles. The Bertz CT molecular complexity index is 894. The molecule has 0 aliphatic heterocycles. The van der Waals surface area contributed by atoms with Crippen LogP contribution in [0.15, 0.2) is 45.9 Å². The number of hydrogen-bond donors (Lipinski definition) is 2. The van der Waals surface area contributed by atoms with Crippen LogP contribution in [0.5, 0.6) is 0 Å². The average molecular weight is 323 g/mol. The Labute approximate surface area is 123 Å². The Kier molecular flexibility index (Phi) is 3.24. The third-order valence-electron chi connectivity index (χ3n) is 2.60. The largest absolute Gasteiger partial charge is 0.438 e. The summed E-state index contributed by atoms with van der Waals surface area (Å²) < 4.78 is 28.0. The van der Waals surface area contributed by atoms with Gasteiger partial charge in [0.1, 0.15) is 0 Å². The Morgan fingerprint density at radius 3 is 2.67 bits per heavy atom. The molecule has 21 heavy (non-hydrogen) atoms. The van der Waals surface area contributed by atoms with Gasteiger partial charge in [-0.3, -0.25) is 10.1 Å². The number of carbonyl (C=O) groups is 1. The fourth-order valence-corrected chi connectivity index (χ4v) is 3.00. The number of para-hydroxylation sites is 1. The van der Waals surface area contributed by atoms with Crippen molar-refractivity contribution >= 4 is 42.6 Å². The van der Waals surface area contributed by atoms with Crippen molar-refractivity contribution in [2.45, 2.75) is 5.09 Å². The summed E-state index contributed by atoms with van der Waals surface area (Å²) in [5, 5.41) is 7.40. The van der Waals surface area contributed by atoms with Crippen LogP contribution in [-0.4, -0.2) is 19.3 Å². The quantitative estimate of drug-likeness (QED) is 0.762. The van der Waals surface area contributed by atoms with E-state index in [9.17, 15) is 13.2 Å². The lowest BCUT2D eigenvalue weighted by molar-refractivity contribution is 0.0991. The van der Waals surface area contributed by atoms with Crippen molar-refractivity contribution in [3.8, 4) is 0 Å². The van der Waals surface area contributed by atoms with Gasteiger partial charge >= 0.3 is 0 Å². The summed E-state index contributed by atoms with van der Waals surface area (Å²) in [7, 11) is -3.97. The summed E-state index contributed by atoms with van der Waals surface area (Å²) in [6.45, 7) is 0. The van der Waals surface area contributed by atoms with E-state index in [4.69, 9.17) is 9.56 Å². The minimum absolute atomic E-state index is 0.154. The monoisotopic (exact) mass is 323 g/mol. The van der Waals surface area contributed by atoms with Gasteiger partial charge in [0.25, 0.3) is 15.9 Å². The van der Waals surface area contributed by atoms with Crippen LogP contribution >= 0.6 is 11.3 Å². The highest BCUT2D eigenvalue weighted by atomic mass is 32.2. The van der Waals surface area contributed by atoms with Crippen molar-refractivity contribution in [3.63, 3.8) is 0 Å². The third-order valence-corrected chi connectivity index (χ3v) is 4.33. The highest BCUT2D eigenvalue weighted by Crippen LogP contribution is 2.26. The SMILES string of the molecule is NS(=O)(=O)c1ccc(C(=O)Nc2nc3ccccc3s2)o1. The van der Waals surface area contributed by atoms with Crippen molar-refractivity contribution < 1.29 is 17.6 Å². The normalized spacial score (nSPS) is 11.7. The minimum Gasteiger partial charge on any atom is -0.438 e. The summed E-state index contributed by atoms with van der Waals surface area (Å²) >= 11 is 1.30. The number of anilines is 1. The number of primary sulfonamides is 1. The van der Waals surface area contributed by atoms with Crippen LogP contribution in [0.4, 0.5) is 5.13 Å². The molecular weight excluding hydrogens is 314 g/mol.